The predicted molar refractivity (Wildman–Crippen MR) is 142 cm³/mol. The second kappa shape index (κ2) is 9.41. The van der Waals surface area contributed by atoms with Crippen LogP contribution in [-0.2, 0) is 28.4 Å². The molecule has 4 bridgehead atoms. The molecule has 8 rings (SSSR count). The molecule has 1 atom stereocenters. The Morgan fingerprint density at radius 3 is 2.58 bits per heavy atom. The highest BCUT2D eigenvalue weighted by atomic mass is 32.2. The minimum absolute atomic E-state index is 0.191. The quantitative estimate of drug-likeness (QED) is 0.390. The van der Waals surface area contributed by atoms with E-state index in [2.05, 4.69) is 16.0 Å². The van der Waals surface area contributed by atoms with Crippen molar-refractivity contribution in [2.75, 3.05) is 0 Å². The lowest BCUT2D eigenvalue weighted by Gasteiger charge is -2.57. The highest BCUT2D eigenvalue weighted by Gasteiger charge is 2.50. The number of thiazole rings is 1. The van der Waals surface area contributed by atoms with Crippen molar-refractivity contribution in [2.24, 2.45) is 17.8 Å². The smallest absolute Gasteiger partial charge is 0.255 e. The normalized spacial score (nSPS) is 31.7. The molecule has 2 aliphatic heterocycles. The fraction of sp³-hybridized carbons (Fsp3) is 0.571. The van der Waals surface area contributed by atoms with E-state index >= 15 is 0 Å². The summed E-state index contributed by atoms with van der Waals surface area (Å²) < 4.78 is 14.5. The number of carbonyl (C=O) groups excluding carboxylic acids is 3. The van der Waals surface area contributed by atoms with Gasteiger partial charge in [0.2, 0.25) is 11.8 Å². The van der Waals surface area contributed by atoms with Crippen LogP contribution in [0.15, 0.2) is 22.4 Å². The van der Waals surface area contributed by atoms with Gasteiger partial charge < -0.3 is 10.2 Å². The first-order valence-electron chi connectivity index (χ1n) is 13.6. The molecule has 1 saturated heterocycles. The van der Waals surface area contributed by atoms with Gasteiger partial charge in [0, 0.05) is 40.9 Å². The maximum absolute atomic E-state index is 14.5. The van der Waals surface area contributed by atoms with Gasteiger partial charge in [-0.1, -0.05) is 0 Å². The van der Waals surface area contributed by atoms with Crippen molar-refractivity contribution in [1.82, 2.24) is 20.5 Å². The van der Waals surface area contributed by atoms with Crippen molar-refractivity contribution in [3.8, 4) is 0 Å². The molecular formula is C28H31FN4O3S2. The molecule has 7 nitrogen and oxygen atoms in total. The minimum atomic E-state index is -0.712. The third-order valence-corrected chi connectivity index (χ3v) is 11.4. The Balaban J connectivity index is 1.01. The Labute approximate surface area is 229 Å². The van der Waals surface area contributed by atoms with E-state index in [1.807, 2.05) is 0 Å². The van der Waals surface area contributed by atoms with Crippen LogP contribution in [0.5, 0.6) is 0 Å². The molecule has 0 spiro atoms. The van der Waals surface area contributed by atoms with Gasteiger partial charge in [-0.15, -0.1) is 23.1 Å². The first kappa shape index (κ1) is 24.7. The minimum Gasteiger partial charge on any atom is -0.322 e. The van der Waals surface area contributed by atoms with Crippen LogP contribution in [0.25, 0.3) is 0 Å². The summed E-state index contributed by atoms with van der Waals surface area (Å²) in [6.07, 6.45) is 8.70. The van der Waals surface area contributed by atoms with Crippen LogP contribution in [0.2, 0.25) is 0 Å². The van der Waals surface area contributed by atoms with Crippen molar-refractivity contribution in [1.29, 1.82) is 0 Å². The number of halogens is 1. The number of rotatable bonds is 7. The van der Waals surface area contributed by atoms with Crippen molar-refractivity contribution in [3.05, 3.63) is 45.2 Å². The molecule has 6 aliphatic rings. The highest BCUT2D eigenvalue weighted by Crippen LogP contribution is 2.55. The van der Waals surface area contributed by atoms with E-state index in [0.29, 0.717) is 21.8 Å². The molecule has 2 N–H and O–H groups in total. The molecule has 10 heteroatoms. The number of nitrogens with zero attached hydrogens (tertiary/aromatic N) is 2. The molecule has 2 aromatic rings. The fourth-order valence-electron chi connectivity index (χ4n) is 7.96. The molecule has 200 valence electrons. The van der Waals surface area contributed by atoms with Crippen molar-refractivity contribution in [2.45, 2.75) is 86.7 Å². The molecule has 4 saturated carbocycles. The Kier molecular flexibility index (Phi) is 6.12. The van der Waals surface area contributed by atoms with E-state index in [1.165, 1.54) is 67.3 Å². The van der Waals surface area contributed by atoms with Crippen LogP contribution in [0.3, 0.4) is 0 Å². The van der Waals surface area contributed by atoms with Crippen LogP contribution in [0.4, 0.5) is 4.39 Å². The fourth-order valence-corrected chi connectivity index (χ4v) is 9.88. The Bertz CT molecular complexity index is 1290. The summed E-state index contributed by atoms with van der Waals surface area (Å²) >= 11 is 3.10. The second-order valence-electron chi connectivity index (χ2n) is 11.9. The summed E-state index contributed by atoms with van der Waals surface area (Å²) in [4.78, 5) is 44.0. The number of piperidine rings is 1. The zero-order valence-electron chi connectivity index (χ0n) is 21.1. The van der Waals surface area contributed by atoms with Crippen molar-refractivity contribution in [3.63, 3.8) is 0 Å². The van der Waals surface area contributed by atoms with E-state index in [-0.39, 0.29) is 31.2 Å². The first-order chi connectivity index (χ1) is 18.3. The molecule has 1 aromatic carbocycles. The zero-order valence-corrected chi connectivity index (χ0v) is 22.8. The zero-order chi connectivity index (χ0) is 26.0. The average Bonchev–Trinajstić information content (AvgIpc) is 3.45. The molecular weight excluding hydrogens is 523 g/mol. The van der Waals surface area contributed by atoms with Gasteiger partial charge >= 0.3 is 0 Å². The third-order valence-electron chi connectivity index (χ3n) is 9.21. The van der Waals surface area contributed by atoms with Crippen LogP contribution in [0.1, 0.15) is 78.0 Å². The first-order valence-corrected chi connectivity index (χ1v) is 15.5. The average molecular weight is 555 g/mol. The summed E-state index contributed by atoms with van der Waals surface area (Å²) in [5.41, 5.74) is 2.41. The number of fused-ring (bicyclic) bond motifs is 1. The topological polar surface area (TPSA) is 91.4 Å². The van der Waals surface area contributed by atoms with Crippen molar-refractivity contribution >= 4 is 40.8 Å². The van der Waals surface area contributed by atoms with E-state index in [9.17, 15) is 18.8 Å². The van der Waals surface area contributed by atoms with Gasteiger partial charge in [0.1, 0.15) is 16.9 Å². The number of nitrogens with one attached hydrogen (secondary N) is 2. The van der Waals surface area contributed by atoms with Gasteiger partial charge in [-0.05, 0) is 80.4 Å². The van der Waals surface area contributed by atoms with Crippen LogP contribution >= 0.6 is 23.1 Å². The maximum atomic E-state index is 14.5. The Morgan fingerprint density at radius 2 is 1.87 bits per heavy atom. The van der Waals surface area contributed by atoms with E-state index in [1.54, 1.807) is 11.3 Å². The third kappa shape index (κ3) is 4.48. The predicted octanol–water partition coefficient (Wildman–Crippen LogP) is 4.39. The number of amides is 3. The lowest BCUT2D eigenvalue weighted by atomic mass is 9.53. The van der Waals surface area contributed by atoms with Gasteiger partial charge in [0.25, 0.3) is 5.91 Å². The lowest BCUT2D eigenvalue weighted by Crippen LogP contribution is -2.58. The van der Waals surface area contributed by atoms with Crippen LogP contribution in [0, 0.1) is 23.6 Å². The van der Waals surface area contributed by atoms with E-state index in [0.717, 1.165) is 40.6 Å². The largest absolute Gasteiger partial charge is 0.322 e. The lowest BCUT2D eigenvalue weighted by molar-refractivity contribution is -0.136. The van der Waals surface area contributed by atoms with Gasteiger partial charge in [-0.2, -0.15) is 0 Å². The molecule has 38 heavy (non-hydrogen) atoms. The molecule has 3 heterocycles. The van der Waals surface area contributed by atoms with Gasteiger partial charge in [-0.25, -0.2) is 9.37 Å². The molecule has 5 fully saturated rings. The van der Waals surface area contributed by atoms with Gasteiger partial charge in [0.15, 0.2) is 0 Å². The number of imide groups is 1. The summed E-state index contributed by atoms with van der Waals surface area (Å²) in [5.74, 6) is 1.69. The maximum Gasteiger partial charge on any atom is 0.255 e. The molecule has 1 aromatic heterocycles. The molecule has 0 radical (unpaired) electrons. The summed E-state index contributed by atoms with van der Waals surface area (Å²) in [5, 5.41) is 9.32. The summed E-state index contributed by atoms with van der Waals surface area (Å²) in [6, 6.07) is 2.01. The van der Waals surface area contributed by atoms with E-state index < -0.39 is 17.8 Å². The summed E-state index contributed by atoms with van der Waals surface area (Å²) in [6.45, 7) is 1.03. The Hall–Kier alpha value is -2.30. The number of hydrogen-bond acceptors (Lipinski definition) is 7. The summed E-state index contributed by atoms with van der Waals surface area (Å²) in [7, 11) is 0. The Morgan fingerprint density at radius 1 is 1.13 bits per heavy atom. The van der Waals surface area contributed by atoms with Crippen molar-refractivity contribution < 1.29 is 18.8 Å². The van der Waals surface area contributed by atoms with Crippen LogP contribution < -0.4 is 10.6 Å². The monoisotopic (exact) mass is 554 g/mol. The van der Waals surface area contributed by atoms with Crippen LogP contribution in [-0.4, -0.2) is 39.2 Å². The molecule has 1 unspecified atom stereocenters. The number of hydrogen-bond donors (Lipinski definition) is 2. The molecule has 3 amide bonds. The highest BCUT2D eigenvalue weighted by molar-refractivity contribution is 7.98. The standard InChI is InChI=1S/C28H31FN4O3S2/c29-18-6-20-21(12-33(27(20)36)22-1-2-24(34)32-26(22)35)23(7-18)37-14-25-31-19(13-38-25)11-30-28-8-15-3-16(9-28)5-17(4-15)10-28/h6-7,13,15-17,22,30H,1-5,8-12,14H2,(H,32,34,35). The molecule has 4 aliphatic carbocycles. The number of carbonyl (C=O) groups is 3. The number of benzene rings is 1. The SMILES string of the molecule is O=C1CCC(N2Cc3c(SCc4nc(CNC56CC7CC(CC(C7)C5)C6)cs4)cc(F)cc3C2=O)C(=O)N1. The van der Waals surface area contributed by atoms with Gasteiger partial charge in [0.05, 0.1) is 11.4 Å². The van der Waals surface area contributed by atoms with E-state index in [4.69, 9.17) is 4.98 Å². The number of thioether (sulfide) groups is 1. The number of aromatic nitrogens is 1. The van der Waals surface area contributed by atoms with Gasteiger partial charge in [-0.3, -0.25) is 19.7 Å². The second-order valence-corrected chi connectivity index (χ2v) is 13.9.